The van der Waals surface area contributed by atoms with Crippen molar-refractivity contribution in [1.29, 1.82) is 0 Å². The van der Waals surface area contributed by atoms with Crippen molar-refractivity contribution in [1.82, 2.24) is 14.5 Å². The average molecular weight is 411 g/mol. The van der Waals surface area contributed by atoms with Crippen molar-refractivity contribution in [2.24, 2.45) is 0 Å². The van der Waals surface area contributed by atoms with Gasteiger partial charge >= 0.3 is 0 Å². The Balaban J connectivity index is 1.52. The number of hydrogen-bond acceptors (Lipinski definition) is 3. The normalized spacial score (nSPS) is 14.6. The molecule has 29 heavy (non-hydrogen) atoms. The maximum atomic E-state index is 13.3. The van der Waals surface area contributed by atoms with Crippen LogP contribution in [-0.2, 0) is 6.54 Å². The molecule has 0 bridgehead atoms. The van der Waals surface area contributed by atoms with Gasteiger partial charge in [0, 0.05) is 61.2 Å². The molecular formula is C23H27ClN4O. The Kier molecular flexibility index (Phi) is 5.76. The van der Waals surface area contributed by atoms with E-state index in [9.17, 15) is 4.79 Å². The number of carbonyl (C=O) groups excluding carboxylic acids is 1. The van der Waals surface area contributed by atoms with Gasteiger partial charge in [0.2, 0.25) is 0 Å². The van der Waals surface area contributed by atoms with E-state index in [0.717, 1.165) is 59.8 Å². The average Bonchev–Trinajstić information content (AvgIpc) is 3.12. The molecule has 1 aliphatic heterocycles. The fourth-order valence-corrected chi connectivity index (χ4v) is 4.20. The van der Waals surface area contributed by atoms with Crippen molar-refractivity contribution >= 4 is 34.2 Å². The van der Waals surface area contributed by atoms with Crippen LogP contribution in [0.25, 0.3) is 11.0 Å². The van der Waals surface area contributed by atoms with Gasteiger partial charge in [0.15, 0.2) is 0 Å². The summed E-state index contributed by atoms with van der Waals surface area (Å²) in [6.45, 7) is 8.17. The summed E-state index contributed by atoms with van der Waals surface area (Å²) in [6, 6.07) is 9.89. The summed E-state index contributed by atoms with van der Waals surface area (Å²) in [5.74, 6) is 0.0979. The second-order valence-electron chi connectivity index (χ2n) is 7.67. The van der Waals surface area contributed by atoms with Gasteiger partial charge in [-0.25, -0.2) is 4.98 Å². The maximum absolute atomic E-state index is 13.3. The highest BCUT2D eigenvalue weighted by molar-refractivity contribution is 6.30. The zero-order valence-corrected chi connectivity index (χ0v) is 17.8. The molecule has 152 valence electrons. The first-order valence-electron chi connectivity index (χ1n) is 10.3. The number of unbranched alkanes of at least 4 members (excludes halogenated alkanes) is 1. The smallest absolute Gasteiger partial charge is 0.256 e. The Hall–Kier alpha value is -2.53. The monoisotopic (exact) mass is 410 g/mol. The number of pyridine rings is 1. The van der Waals surface area contributed by atoms with E-state index in [0.29, 0.717) is 13.1 Å². The van der Waals surface area contributed by atoms with Crippen molar-refractivity contribution in [3.63, 3.8) is 0 Å². The number of anilines is 1. The van der Waals surface area contributed by atoms with E-state index < -0.39 is 0 Å². The molecule has 1 aromatic carbocycles. The number of amides is 1. The first kappa shape index (κ1) is 19.8. The number of aromatic nitrogens is 2. The van der Waals surface area contributed by atoms with E-state index in [1.54, 1.807) is 6.20 Å². The topological polar surface area (TPSA) is 41.4 Å². The first-order valence-corrected chi connectivity index (χ1v) is 10.7. The Bertz CT molecular complexity index is 1020. The number of aryl methyl sites for hydroxylation is 2. The van der Waals surface area contributed by atoms with Crippen LogP contribution in [0.3, 0.4) is 0 Å². The number of benzene rings is 1. The third-order valence-corrected chi connectivity index (χ3v) is 5.93. The standard InChI is InChI=1S/C23H27ClN4O/c1-3-4-10-28-16-20(19-6-5-9-25-22(19)28)23(29)27-13-11-26(12-14-27)21-15-18(24)8-7-17(21)2/h5-9,15-16H,3-4,10-14H2,1-2H3. The number of halogens is 1. The molecule has 0 atom stereocenters. The van der Waals surface area contributed by atoms with Crippen molar-refractivity contribution in [3.05, 3.63) is 58.9 Å². The second kappa shape index (κ2) is 8.46. The highest BCUT2D eigenvalue weighted by atomic mass is 35.5. The third-order valence-electron chi connectivity index (χ3n) is 5.70. The molecule has 5 nitrogen and oxygen atoms in total. The second-order valence-corrected chi connectivity index (χ2v) is 8.11. The van der Waals surface area contributed by atoms with Gasteiger partial charge < -0.3 is 14.4 Å². The zero-order valence-electron chi connectivity index (χ0n) is 17.1. The van der Waals surface area contributed by atoms with Crippen LogP contribution in [-0.4, -0.2) is 46.5 Å². The molecule has 1 saturated heterocycles. The van der Waals surface area contributed by atoms with Gasteiger partial charge in [0.25, 0.3) is 5.91 Å². The van der Waals surface area contributed by atoms with Gasteiger partial charge in [-0.2, -0.15) is 0 Å². The van der Waals surface area contributed by atoms with Crippen LogP contribution in [0.4, 0.5) is 5.69 Å². The molecule has 1 aliphatic rings. The fourth-order valence-electron chi connectivity index (χ4n) is 4.04. The molecule has 0 spiro atoms. The Morgan fingerprint density at radius 3 is 2.72 bits per heavy atom. The summed E-state index contributed by atoms with van der Waals surface area (Å²) in [7, 11) is 0. The van der Waals surface area contributed by atoms with Crippen molar-refractivity contribution < 1.29 is 4.79 Å². The summed E-state index contributed by atoms with van der Waals surface area (Å²) in [5, 5.41) is 1.69. The SMILES string of the molecule is CCCCn1cc(C(=O)N2CCN(c3cc(Cl)ccc3C)CC2)c2cccnc21. The summed E-state index contributed by atoms with van der Waals surface area (Å²) >= 11 is 6.19. The number of piperazine rings is 1. The van der Waals surface area contributed by atoms with Gasteiger partial charge in [-0.3, -0.25) is 4.79 Å². The molecule has 2 aromatic heterocycles. The van der Waals surface area contributed by atoms with E-state index in [2.05, 4.69) is 28.3 Å². The molecule has 0 saturated carbocycles. The lowest BCUT2D eigenvalue weighted by atomic mass is 10.1. The molecule has 3 aromatic rings. The van der Waals surface area contributed by atoms with E-state index in [1.807, 2.05) is 41.4 Å². The van der Waals surface area contributed by atoms with Crippen molar-refractivity contribution in [2.75, 3.05) is 31.1 Å². The lowest BCUT2D eigenvalue weighted by Crippen LogP contribution is -2.49. The lowest BCUT2D eigenvalue weighted by Gasteiger charge is -2.36. The van der Waals surface area contributed by atoms with Gasteiger partial charge in [-0.05, 0) is 43.2 Å². The minimum absolute atomic E-state index is 0.0979. The van der Waals surface area contributed by atoms with Crippen molar-refractivity contribution in [2.45, 2.75) is 33.2 Å². The molecule has 4 rings (SSSR count). The zero-order chi connectivity index (χ0) is 20.4. The van der Waals surface area contributed by atoms with E-state index >= 15 is 0 Å². The van der Waals surface area contributed by atoms with Gasteiger partial charge in [-0.1, -0.05) is 31.0 Å². The predicted octanol–water partition coefficient (Wildman–Crippen LogP) is 4.76. The van der Waals surface area contributed by atoms with Crippen molar-refractivity contribution in [3.8, 4) is 0 Å². The highest BCUT2D eigenvalue weighted by Gasteiger charge is 2.25. The summed E-state index contributed by atoms with van der Waals surface area (Å²) in [6.07, 6.45) is 5.97. The molecule has 1 amide bonds. The molecular weight excluding hydrogens is 384 g/mol. The van der Waals surface area contributed by atoms with E-state index in [4.69, 9.17) is 11.6 Å². The molecule has 6 heteroatoms. The van der Waals surface area contributed by atoms with E-state index in [-0.39, 0.29) is 5.91 Å². The van der Waals surface area contributed by atoms with Gasteiger partial charge in [0.05, 0.1) is 5.56 Å². The number of nitrogens with zero attached hydrogens (tertiary/aromatic N) is 4. The Labute approximate surface area is 176 Å². The van der Waals surface area contributed by atoms with Crippen LogP contribution in [0.1, 0.15) is 35.7 Å². The van der Waals surface area contributed by atoms with Crippen LogP contribution < -0.4 is 4.90 Å². The van der Waals surface area contributed by atoms with Crippen LogP contribution in [0.2, 0.25) is 5.02 Å². The Morgan fingerprint density at radius 2 is 1.97 bits per heavy atom. The third kappa shape index (κ3) is 3.97. The molecule has 0 aliphatic carbocycles. The maximum Gasteiger partial charge on any atom is 0.256 e. The van der Waals surface area contributed by atoms with E-state index in [1.165, 1.54) is 5.56 Å². The number of fused-ring (bicyclic) bond motifs is 1. The fraction of sp³-hybridized carbons (Fsp3) is 0.391. The molecule has 0 N–H and O–H groups in total. The molecule has 0 radical (unpaired) electrons. The molecule has 0 unspecified atom stereocenters. The number of rotatable bonds is 5. The number of carbonyl (C=O) groups is 1. The Morgan fingerprint density at radius 1 is 1.17 bits per heavy atom. The molecule has 1 fully saturated rings. The highest BCUT2D eigenvalue weighted by Crippen LogP contribution is 2.27. The van der Waals surface area contributed by atoms with Crippen LogP contribution in [0.5, 0.6) is 0 Å². The predicted molar refractivity (Wildman–Crippen MR) is 119 cm³/mol. The summed E-state index contributed by atoms with van der Waals surface area (Å²) in [4.78, 5) is 22.1. The largest absolute Gasteiger partial charge is 0.368 e. The summed E-state index contributed by atoms with van der Waals surface area (Å²) in [5.41, 5.74) is 4.03. The lowest BCUT2D eigenvalue weighted by molar-refractivity contribution is 0.0748. The quantitative estimate of drug-likeness (QED) is 0.608. The van der Waals surface area contributed by atoms with Crippen LogP contribution in [0, 0.1) is 6.92 Å². The minimum Gasteiger partial charge on any atom is -0.368 e. The summed E-state index contributed by atoms with van der Waals surface area (Å²) < 4.78 is 2.12. The number of hydrogen-bond donors (Lipinski definition) is 0. The van der Waals surface area contributed by atoms with Gasteiger partial charge in [0.1, 0.15) is 5.65 Å². The molecule has 3 heterocycles. The van der Waals surface area contributed by atoms with Crippen LogP contribution >= 0.6 is 11.6 Å². The van der Waals surface area contributed by atoms with Gasteiger partial charge in [-0.15, -0.1) is 0 Å². The minimum atomic E-state index is 0.0979. The van der Waals surface area contributed by atoms with Crippen LogP contribution in [0.15, 0.2) is 42.7 Å². The first-order chi connectivity index (χ1) is 14.1.